The molecule has 0 N–H and O–H groups in total. The molecule has 294 valence electrons. The highest BCUT2D eigenvalue weighted by molar-refractivity contribution is 5.99. The predicted octanol–water partition coefficient (Wildman–Crippen LogP) is 14.6. The van der Waals surface area contributed by atoms with Gasteiger partial charge in [0, 0.05) is 33.6 Å². The summed E-state index contributed by atoms with van der Waals surface area (Å²) < 4.78 is 0. The summed E-state index contributed by atoms with van der Waals surface area (Å²) in [5.41, 5.74) is 16.8. The highest BCUT2D eigenvalue weighted by Crippen LogP contribution is 2.50. The lowest BCUT2D eigenvalue weighted by Gasteiger charge is -2.29. The van der Waals surface area contributed by atoms with Crippen LogP contribution in [-0.2, 0) is 0 Å². The third-order valence-electron chi connectivity index (χ3n) is 11.0. The van der Waals surface area contributed by atoms with Crippen LogP contribution in [0.3, 0.4) is 0 Å². The minimum absolute atomic E-state index is 0.187. The van der Waals surface area contributed by atoms with Crippen LogP contribution in [-0.4, -0.2) is 21.0 Å². The zero-order valence-corrected chi connectivity index (χ0v) is 35.0. The first-order valence-electron chi connectivity index (χ1n) is 21.0. The molecule has 4 heteroatoms. The van der Waals surface area contributed by atoms with E-state index in [1.165, 1.54) is 61.5 Å². The lowest BCUT2D eigenvalue weighted by Crippen LogP contribution is -2.27. The summed E-state index contributed by atoms with van der Waals surface area (Å²) in [5, 5.41) is 0. The lowest BCUT2D eigenvalue weighted by atomic mass is 9.87. The number of aryl methyl sites for hydroxylation is 3. The number of nitrogens with zero attached hydrogens (tertiary/aromatic N) is 4. The highest BCUT2D eigenvalue weighted by atomic mass is 15.2. The fourth-order valence-corrected chi connectivity index (χ4v) is 8.08. The van der Waals surface area contributed by atoms with E-state index in [1.807, 2.05) is 68.4 Å². The van der Waals surface area contributed by atoms with E-state index in [0.717, 1.165) is 23.1 Å². The molecule has 1 unspecified atom stereocenters. The highest BCUT2D eigenvalue weighted by Gasteiger charge is 2.36. The van der Waals surface area contributed by atoms with Crippen molar-refractivity contribution in [3.8, 4) is 45.3 Å². The van der Waals surface area contributed by atoms with Crippen molar-refractivity contribution < 1.29 is 0 Å². The van der Waals surface area contributed by atoms with Crippen LogP contribution in [0.5, 0.6) is 0 Å². The van der Waals surface area contributed by atoms with Gasteiger partial charge >= 0.3 is 0 Å². The number of hydrogen-bond acceptors (Lipinski definition) is 4. The molecule has 60 heavy (non-hydrogen) atoms. The maximum atomic E-state index is 5.05. The summed E-state index contributed by atoms with van der Waals surface area (Å²) in [4.78, 5) is 17.5. The molecule has 0 saturated carbocycles. The summed E-state index contributed by atoms with van der Waals surface area (Å²) in [6.07, 6.45) is 5.71. The molecule has 1 aliphatic heterocycles. The lowest BCUT2D eigenvalue weighted by molar-refractivity contribution is 0.831. The maximum absolute atomic E-state index is 5.05. The molecule has 7 aromatic carbocycles. The first kappa shape index (κ1) is 39.6. The summed E-state index contributed by atoms with van der Waals surface area (Å²) >= 11 is 0. The van der Waals surface area contributed by atoms with E-state index in [2.05, 4.69) is 165 Å². The monoisotopic (exact) mass is 778 g/mol. The number of para-hydroxylation sites is 1. The molecule has 0 saturated heterocycles. The Hall–Kier alpha value is -7.17. The first-order chi connectivity index (χ1) is 29.5. The van der Waals surface area contributed by atoms with Gasteiger partial charge in [0.1, 0.15) is 0 Å². The number of fused-ring (bicyclic) bond motifs is 3. The maximum Gasteiger partial charge on any atom is 0.164 e. The zero-order valence-electron chi connectivity index (χ0n) is 35.0. The Morgan fingerprint density at radius 3 is 1.53 bits per heavy atom. The smallest absolute Gasteiger partial charge is 0.164 e. The first-order valence-corrected chi connectivity index (χ1v) is 21.0. The number of benzene rings is 7. The van der Waals surface area contributed by atoms with Crippen molar-refractivity contribution in [3.63, 3.8) is 0 Å². The molecule has 1 atom stereocenters. The Kier molecular flexibility index (Phi) is 12.0. The van der Waals surface area contributed by atoms with Gasteiger partial charge in [-0.1, -0.05) is 177 Å². The summed E-state index contributed by atoms with van der Waals surface area (Å²) in [5.74, 6) is 1.99. The van der Waals surface area contributed by atoms with Crippen molar-refractivity contribution in [2.45, 2.75) is 47.1 Å². The van der Waals surface area contributed by atoms with Crippen molar-refractivity contribution in [1.82, 2.24) is 15.0 Å². The van der Waals surface area contributed by atoms with Gasteiger partial charge in [0.15, 0.2) is 17.5 Å². The molecule has 0 bridgehead atoms. The molecule has 1 aliphatic carbocycles. The van der Waals surface area contributed by atoms with Crippen LogP contribution in [0.1, 0.15) is 48.1 Å². The SMILES string of the molecule is CC.Cc1ccccc1.Cc1ccccc1-c1ccc(C2=CCC3C(=C2)c2cc(-c4nc(-c5ccccc5)nc(-c5ccccc5)n4)ccc2N3c2ccccc2)cc1C. The fourth-order valence-electron chi connectivity index (χ4n) is 8.08. The van der Waals surface area contributed by atoms with Crippen LogP contribution in [0, 0.1) is 20.8 Å². The summed E-state index contributed by atoms with van der Waals surface area (Å²) in [6, 6.07) is 63.7. The summed E-state index contributed by atoms with van der Waals surface area (Å²) in [7, 11) is 0. The topological polar surface area (TPSA) is 41.9 Å². The number of hydrogen-bond donors (Lipinski definition) is 0. The second-order valence-electron chi connectivity index (χ2n) is 15.0. The Morgan fingerprint density at radius 2 is 0.967 bits per heavy atom. The van der Waals surface area contributed by atoms with E-state index in [1.54, 1.807) is 0 Å². The average Bonchev–Trinajstić information content (AvgIpc) is 3.64. The Bertz CT molecular complexity index is 2720. The van der Waals surface area contributed by atoms with Gasteiger partial charge in [-0.05, 0) is 103 Å². The minimum atomic E-state index is 0.187. The van der Waals surface area contributed by atoms with Crippen LogP contribution >= 0.6 is 0 Å². The summed E-state index contributed by atoms with van der Waals surface area (Å²) in [6.45, 7) is 10.5. The normalized spacial score (nSPS) is 13.7. The van der Waals surface area contributed by atoms with Crippen LogP contribution in [0.4, 0.5) is 11.4 Å². The number of rotatable bonds is 6. The molecule has 10 rings (SSSR count). The zero-order chi connectivity index (χ0) is 41.4. The van der Waals surface area contributed by atoms with Crippen molar-refractivity contribution in [3.05, 3.63) is 222 Å². The quantitative estimate of drug-likeness (QED) is 0.169. The van der Waals surface area contributed by atoms with E-state index in [0.29, 0.717) is 17.5 Å². The Balaban J connectivity index is 0.000000499. The molecule has 1 aromatic heterocycles. The predicted molar refractivity (Wildman–Crippen MR) is 253 cm³/mol. The Labute approximate surface area is 355 Å². The minimum Gasteiger partial charge on any atom is -0.333 e. The standard InChI is InChI=1S/C47H36N4.C7H8.C2H6/c1-31-14-12-13-21-39(31)40-25-22-35(28-32(40)2)36-23-26-43-41(29-36)42-30-37(24-27-44(42)51(43)38-19-10-5-11-20-38)47-49-45(33-15-6-3-7-16-33)48-46(50-47)34-17-8-4-9-18-34;1-7-5-3-2-4-6-7;1-2/h3-25,27-30,43H,26H2,1-2H3;2-6H,1H3;1-2H3. The van der Waals surface area contributed by atoms with Gasteiger partial charge in [-0.3, -0.25) is 0 Å². The number of aromatic nitrogens is 3. The number of allylic oxidation sites excluding steroid dienone is 2. The average molecular weight is 779 g/mol. The van der Waals surface area contributed by atoms with Crippen molar-refractivity contribution in [1.29, 1.82) is 0 Å². The van der Waals surface area contributed by atoms with Crippen LogP contribution in [0.2, 0.25) is 0 Å². The second kappa shape index (κ2) is 18.2. The van der Waals surface area contributed by atoms with E-state index in [4.69, 9.17) is 15.0 Å². The van der Waals surface area contributed by atoms with Gasteiger partial charge in [0.05, 0.1) is 6.04 Å². The Morgan fingerprint density at radius 1 is 0.450 bits per heavy atom. The number of anilines is 2. The van der Waals surface area contributed by atoms with Crippen LogP contribution < -0.4 is 4.90 Å². The van der Waals surface area contributed by atoms with Gasteiger partial charge in [-0.25, -0.2) is 15.0 Å². The molecule has 0 fully saturated rings. The van der Waals surface area contributed by atoms with Crippen LogP contribution in [0.25, 0.3) is 56.4 Å². The van der Waals surface area contributed by atoms with Gasteiger partial charge in [-0.2, -0.15) is 0 Å². The van der Waals surface area contributed by atoms with E-state index in [9.17, 15) is 0 Å². The molecule has 8 aromatic rings. The van der Waals surface area contributed by atoms with E-state index >= 15 is 0 Å². The van der Waals surface area contributed by atoms with Gasteiger partial charge in [0.25, 0.3) is 0 Å². The van der Waals surface area contributed by atoms with Gasteiger partial charge < -0.3 is 4.90 Å². The molecule has 0 spiro atoms. The van der Waals surface area contributed by atoms with Crippen LogP contribution in [0.15, 0.2) is 194 Å². The van der Waals surface area contributed by atoms with E-state index in [-0.39, 0.29) is 6.04 Å². The van der Waals surface area contributed by atoms with Gasteiger partial charge in [-0.15, -0.1) is 0 Å². The van der Waals surface area contributed by atoms with Crippen molar-refractivity contribution in [2.24, 2.45) is 0 Å². The molecule has 2 heterocycles. The van der Waals surface area contributed by atoms with Crippen molar-refractivity contribution >= 4 is 22.5 Å². The van der Waals surface area contributed by atoms with Gasteiger partial charge in [0.2, 0.25) is 0 Å². The second-order valence-corrected chi connectivity index (χ2v) is 15.0. The molecular formula is C56H50N4. The molecule has 4 nitrogen and oxygen atoms in total. The molecule has 0 radical (unpaired) electrons. The fraction of sp³-hybridized carbons (Fsp3) is 0.125. The third kappa shape index (κ3) is 8.37. The van der Waals surface area contributed by atoms with Crippen molar-refractivity contribution in [2.75, 3.05) is 4.90 Å². The molecule has 0 amide bonds. The third-order valence-corrected chi connectivity index (χ3v) is 11.0. The molecular weight excluding hydrogens is 729 g/mol. The largest absolute Gasteiger partial charge is 0.333 e. The molecule has 2 aliphatic rings. The van der Waals surface area contributed by atoms with E-state index < -0.39 is 0 Å².